The molecule has 0 N–H and O–H groups in total. The Kier molecular flexibility index (Phi) is 7.58. The van der Waals surface area contributed by atoms with Gasteiger partial charge in [-0.1, -0.05) is 23.8 Å². The zero-order chi connectivity index (χ0) is 18.3. The van der Waals surface area contributed by atoms with Gasteiger partial charge >= 0.3 is 5.97 Å². The van der Waals surface area contributed by atoms with Crippen molar-refractivity contribution in [3.05, 3.63) is 34.9 Å². The molecule has 0 saturated heterocycles. The molecule has 0 aliphatic heterocycles. The summed E-state index contributed by atoms with van der Waals surface area (Å²) >= 11 is 6.05. The van der Waals surface area contributed by atoms with Crippen LogP contribution in [0.25, 0.3) is 0 Å². The Labute approximate surface area is 146 Å². The number of hydrogen-bond acceptors (Lipinski definition) is 5. The zero-order valence-electron chi connectivity index (χ0n) is 14.3. The molecule has 0 atom stereocenters. The van der Waals surface area contributed by atoms with Crippen LogP contribution in [0, 0.1) is 0 Å². The van der Waals surface area contributed by atoms with Crippen LogP contribution in [0.2, 0.25) is 5.02 Å². The minimum atomic E-state index is -0.669. The minimum absolute atomic E-state index is 0.174. The average molecular weight is 356 g/mol. The molecule has 24 heavy (non-hydrogen) atoms. The fourth-order valence-electron chi connectivity index (χ4n) is 2.04. The number of carbonyl (C=O) groups excluding carboxylic acids is 2. The number of esters is 1. The third-order valence-corrected chi connectivity index (χ3v) is 3.47. The quantitative estimate of drug-likeness (QED) is 0.530. The first kappa shape index (κ1) is 19.8. The second-order valence-corrected chi connectivity index (χ2v) is 5.54. The molecule has 0 spiro atoms. The molecule has 1 rings (SSSR count). The van der Waals surface area contributed by atoms with E-state index in [1.807, 2.05) is 13.8 Å². The van der Waals surface area contributed by atoms with Crippen molar-refractivity contribution in [2.24, 2.45) is 0 Å². The average Bonchev–Trinajstić information content (AvgIpc) is 2.55. The Morgan fingerprint density at radius 2 is 1.92 bits per heavy atom. The number of rotatable bonds is 8. The first-order valence-electron chi connectivity index (χ1n) is 7.34. The third kappa shape index (κ3) is 5.16. The lowest BCUT2D eigenvalue weighted by Crippen LogP contribution is -2.35. The summed E-state index contributed by atoms with van der Waals surface area (Å²) in [5.74, 6) is -0.329. The van der Waals surface area contributed by atoms with Crippen LogP contribution in [0.4, 0.5) is 0 Å². The highest BCUT2D eigenvalue weighted by Gasteiger charge is 2.18. The van der Waals surface area contributed by atoms with Crippen molar-refractivity contribution in [2.75, 3.05) is 33.9 Å². The van der Waals surface area contributed by atoms with Gasteiger partial charge in [-0.2, -0.15) is 0 Å². The highest BCUT2D eigenvalue weighted by molar-refractivity contribution is 6.32. The summed E-state index contributed by atoms with van der Waals surface area (Å²) in [7, 11) is 2.88. The van der Waals surface area contributed by atoms with Crippen molar-refractivity contribution in [3.63, 3.8) is 0 Å². The lowest BCUT2D eigenvalue weighted by molar-refractivity contribution is -0.133. The molecule has 0 fully saturated rings. The van der Waals surface area contributed by atoms with E-state index in [4.69, 9.17) is 25.8 Å². The summed E-state index contributed by atoms with van der Waals surface area (Å²) < 4.78 is 15.3. The van der Waals surface area contributed by atoms with Gasteiger partial charge in [-0.05, 0) is 26.0 Å². The van der Waals surface area contributed by atoms with E-state index in [2.05, 4.69) is 6.58 Å². The van der Waals surface area contributed by atoms with E-state index in [-0.39, 0.29) is 23.1 Å². The number of carbonyl (C=O) groups is 2. The summed E-state index contributed by atoms with van der Waals surface area (Å²) in [4.78, 5) is 25.8. The molecule has 0 heterocycles. The van der Waals surface area contributed by atoms with Crippen LogP contribution in [0.3, 0.4) is 0 Å². The van der Waals surface area contributed by atoms with E-state index in [1.165, 1.54) is 26.4 Å². The summed E-state index contributed by atoms with van der Waals surface area (Å²) in [6.45, 7) is 8.02. The largest absolute Gasteiger partial charge is 0.493 e. The van der Waals surface area contributed by atoms with Crippen LogP contribution in [0.15, 0.2) is 24.3 Å². The van der Waals surface area contributed by atoms with Gasteiger partial charge in [0.2, 0.25) is 0 Å². The highest BCUT2D eigenvalue weighted by Crippen LogP contribution is 2.36. The van der Waals surface area contributed by atoms with Gasteiger partial charge in [0.1, 0.15) is 0 Å². The molecule has 0 radical (unpaired) electrons. The predicted molar refractivity (Wildman–Crippen MR) is 91.9 cm³/mol. The van der Waals surface area contributed by atoms with Crippen LogP contribution < -0.4 is 9.47 Å². The zero-order valence-corrected chi connectivity index (χ0v) is 15.1. The molecule has 0 saturated carbocycles. The van der Waals surface area contributed by atoms with Gasteiger partial charge in [-0.15, -0.1) is 0 Å². The van der Waals surface area contributed by atoms with E-state index >= 15 is 0 Å². The molecule has 1 amide bonds. The van der Waals surface area contributed by atoms with Gasteiger partial charge in [0.25, 0.3) is 5.91 Å². The molecule has 1 aromatic rings. The molecule has 6 nitrogen and oxygen atoms in total. The van der Waals surface area contributed by atoms with Crippen LogP contribution in [-0.4, -0.2) is 50.7 Å². The molecule has 1 aromatic carbocycles. The Bertz CT molecular complexity index is 630. The Morgan fingerprint density at radius 1 is 1.25 bits per heavy atom. The monoisotopic (exact) mass is 355 g/mol. The fourth-order valence-corrected chi connectivity index (χ4v) is 2.33. The van der Waals surface area contributed by atoms with Gasteiger partial charge in [-0.3, -0.25) is 4.79 Å². The van der Waals surface area contributed by atoms with Crippen molar-refractivity contribution >= 4 is 23.5 Å². The van der Waals surface area contributed by atoms with Crippen LogP contribution >= 0.6 is 11.6 Å². The molecular formula is C17H22ClNO5. The minimum Gasteiger partial charge on any atom is -0.493 e. The van der Waals surface area contributed by atoms with Gasteiger partial charge in [0.15, 0.2) is 18.1 Å². The maximum absolute atomic E-state index is 12.1. The second-order valence-electron chi connectivity index (χ2n) is 5.13. The summed E-state index contributed by atoms with van der Waals surface area (Å²) in [6.07, 6.45) is 0. The Hall–Kier alpha value is -2.21. The van der Waals surface area contributed by atoms with Gasteiger partial charge in [0.05, 0.1) is 24.8 Å². The Balaban J connectivity index is 2.80. The normalized spacial score (nSPS) is 10.0. The van der Waals surface area contributed by atoms with E-state index in [0.29, 0.717) is 24.6 Å². The maximum Gasteiger partial charge on any atom is 0.338 e. The molecular weight excluding hydrogens is 334 g/mol. The summed E-state index contributed by atoms with van der Waals surface area (Å²) in [5, 5.41) is 0.215. The maximum atomic E-state index is 12.1. The molecule has 0 aliphatic carbocycles. The molecule has 0 bridgehead atoms. The van der Waals surface area contributed by atoms with Crippen molar-refractivity contribution < 1.29 is 23.8 Å². The van der Waals surface area contributed by atoms with E-state index < -0.39 is 5.97 Å². The van der Waals surface area contributed by atoms with E-state index in [0.717, 1.165) is 5.57 Å². The topological polar surface area (TPSA) is 65.1 Å². The summed E-state index contributed by atoms with van der Waals surface area (Å²) in [6, 6.07) is 2.85. The van der Waals surface area contributed by atoms with Gasteiger partial charge in [-0.25, -0.2) is 4.79 Å². The van der Waals surface area contributed by atoms with Crippen molar-refractivity contribution in [3.8, 4) is 11.5 Å². The van der Waals surface area contributed by atoms with Crippen LogP contribution in [0.5, 0.6) is 11.5 Å². The molecule has 132 valence electrons. The molecule has 0 aliphatic rings. The Morgan fingerprint density at radius 3 is 2.42 bits per heavy atom. The van der Waals surface area contributed by atoms with Crippen LogP contribution in [0.1, 0.15) is 24.2 Å². The van der Waals surface area contributed by atoms with Crippen molar-refractivity contribution in [1.29, 1.82) is 0 Å². The number of hydrogen-bond donors (Lipinski definition) is 0. The standard InChI is InChI=1S/C17H22ClNO5/c1-6-19(9-11(2)3)15(20)10-24-17(21)12-7-13(18)16(23-5)14(8-12)22-4/h7-8H,2,6,9-10H2,1,3-5H3. The molecule has 0 aromatic heterocycles. The van der Waals surface area contributed by atoms with Crippen LogP contribution in [-0.2, 0) is 9.53 Å². The summed E-state index contributed by atoms with van der Waals surface area (Å²) in [5.41, 5.74) is 1.02. The van der Waals surface area contributed by atoms with Gasteiger partial charge in [0, 0.05) is 13.1 Å². The number of benzene rings is 1. The third-order valence-electron chi connectivity index (χ3n) is 3.19. The first-order chi connectivity index (χ1) is 11.3. The number of ether oxygens (including phenoxy) is 3. The number of amides is 1. The lowest BCUT2D eigenvalue weighted by atomic mass is 10.2. The number of likely N-dealkylation sites (N-methyl/N-ethyl adjacent to an activating group) is 1. The van der Waals surface area contributed by atoms with Gasteiger partial charge < -0.3 is 19.1 Å². The van der Waals surface area contributed by atoms with E-state index in [1.54, 1.807) is 4.90 Å². The molecule has 0 unspecified atom stereocenters. The van der Waals surface area contributed by atoms with Crippen molar-refractivity contribution in [1.82, 2.24) is 4.90 Å². The lowest BCUT2D eigenvalue weighted by Gasteiger charge is -2.20. The molecule has 7 heteroatoms. The van der Waals surface area contributed by atoms with E-state index in [9.17, 15) is 9.59 Å². The first-order valence-corrected chi connectivity index (χ1v) is 7.72. The van der Waals surface area contributed by atoms with Crippen molar-refractivity contribution in [2.45, 2.75) is 13.8 Å². The second kappa shape index (κ2) is 9.17. The number of halogens is 1. The highest BCUT2D eigenvalue weighted by atomic mass is 35.5. The number of nitrogens with zero attached hydrogens (tertiary/aromatic N) is 1. The SMILES string of the molecule is C=C(C)CN(CC)C(=O)COC(=O)c1cc(Cl)c(OC)c(OC)c1. The fraction of sp³-hybridized carbons (Fsp3) is 0.412. The smallest absolute Gasteiger partial charge is 0.338 e. The number of methoxy groups -OCH3 is 2. The predicted octanol–water partition coefficient (Wildman–Crippen LogP) is 2.94.